The highest BCUT2D eigenvalue weighted by molar-refractivity contribution is 8.18. The van der Waals surface area contributed by atoms with Gasteiger partial charge in [0.15, 0.2) is 0 Å². The number of thioether (sulfide) groups is 1. The molecule has 0 aliphatic carbocycles. The van der Waals surface area contributed by atoms with Crippen LogP contribution in [0, 0.1) is 0 Å². The molecule has 0 aromatic heterocycles. The number of nitrogens with zero attached hydrogens (tertiary/aromatic N) is 2. The van der Waals surface area contributed by atoms with Crippen LogP contribution in [0.15, 0.2) is 69.8 Å². The van der Waals surface area contributed by atoms with Crippen molar-refractivity contribution in [2.24, 2.45) is 4.99 Å². The van der Waals surface area contributed by atoms with Crippen LogP contribution in [-0.2, 0) is 9.53 Å². The Morgan fingerprint density at radius 1 is 1.06 bits per heavy atom. The van der Waals surface area contributed by atoms with Crippen LogP contribution in [0.25, 0.3) is 6.08 Å². The molecule has 1 N–H and O–H groups in total. The van der Waals surface area contributed by atoms with Gasteiger partial charge in [-0.05, 0) is 74.7 Å². The number of ether oxygens (including phenoxy) is 2. The average Bonchev–Trinajstić information content (AvgIpc) is 3.45. The molecular formula is C26H28N2O4S. The summed E-state index contributed by atoms with van der Waals surface area (Å²) in [5, 5.41) is 11.3. The highest BCUT2D eigenvalue weighted by Gasteiger charge is 2.33. The van der Waals surface area contributed by atoms with E-state index < -0.39 is 5.97 Å². The summed E-state index contributed by atoms with van der Waals surface area (Å²) in [4.78, 5) is 20.1. The fourth-order valence-corrected chi connectivity index (χ4v) is 4.84. The van der Waals surface area contributed by atoms with Crippen molar-refractivity contribution in [2.75, 3.05) is 31.2 Å². The van der Waals surface area contributed by atoms with Crippen LogP contribution in [0.1, 0.15) is 32.3 Å². The van der Waals surface area contributed by atoms with Gasteiger partial charge in [-0.15, -0.1) is 0 Å². The fraction of sp³-hybridized carbons (Fsp3) is 0.308. The number of hydrogen-bond donors (Lipinski definition) is 1. The predicted molar refractivity (Wildman–Crippen MR) is 134 cm³/mol. The predicted octanol–water partition coefficient (Wildman–Crippen LogP) is 5.88. The van der Waals surface area contributed by atoms with Crippen molar-refractivity contribution in [2.45, 2.75) is 26.7 Å². The van der Waals surface area contributed by atoms with Crippen LogP contribution >= 0.6 is 11.8 Å². The fourth-order valence-electron chi connectivity index (χ4n) is 3.80. The minimum absolute atomic E-state index is 0.0932. The molecule has 1 fully saturated rings. The molecule has 2 aliphatic heterocycles. The molecule has 0 saturated carbocycles. The van der Waals surface area contributed by atoms with Gasteiger partial charge in [0.05, 0.1) is 23.8 Å². The van der Waals surface area contributed by atoms with Gasteiger partial charge in [0.25, 0.3) is 0 Å². The number of esters is 1. The van der Waals surface area contributed by atoms with Crippen molar-refractivity contribution >= 4 is 40.2 Å². The number of aliphatic hydroxyl groups is 1. The molecule has 0 bridgehead atoms. The molecule has 0 unspecified atom stereocenters. The minimum Gasteiger partial charge on any atom is -0.506 e. The molecule has 4 rings (SSSR count). The van der Waals surface area contributed by atoms with Crippen LogP contribution in [0.3, 0.4) is 0 Å². The van der Waals surface area contributed by atoms with E-state index >= 15 is 0 Å². The Morgan fingerprint density at radius 3 is 2.39 bits per heavy atom. The van der Waals surface area contributed by atoms with Gasteiger partial charge in [-0.25, -0.2) is 9.79 Å². The van der Waals surface area contributed by atoms with Gasteiger partial charge in [-0.2, -0.15) is 0 Å². The largest absolute Gasteiger partial charge is 0.506 e. The third kappa shape index (κ3) is 5.42. The van der Waals surface area contributed by atoms with E-state index in [9.17, 15) is 9.90 Å². The Hall–Kier alpha value is -3.19. The van der Waals surface area contributed by atoms with Gasteiger partial charge in [0.1, 0.15) is 22.1 Å². The number of aliphatic imine (C=N–C) groups is 1. The maximum absolute atomic E-state index is 12.6. The summed E-state index contributed by atoms with van der Waals surface area (Å²) in [6.07, 6.45) is 4.33. The highest BCUT2D eigenvalue weighted by Crippen LogP contribution is 2.40. The zero-order chi connectivity index (χ0) is 23.2. The molecule has 2 heterocycles. The van der Waals surface area contributed by atoms with E-state index in [4.69, 9.17) is 9.47 Å². The molecule has 2 aliphatic rings. The lowest BCUT2D eigenvalue weighted by Crippen LogP contribution is -2.17. The van der Waals surface area contributed by atoms with E-state index in [-0.39, 0.29) is 17.9 Å². The van der Waals surface area contributed by atoms with E-state index in [0.29, 0.717) is 22.2 Å². The summed E-state index contributed by atoms with van der Waals surface area (Å²) >= 11 is 1.26. The lowest BCUT2D eigenvalue weighted by Gasteiger charge is -2.17. The summed E-state index contributed by atoms with van der Waals surface area (Å²) < 4.78 is 10.7. The molecule has 172 valence electrons. The number of carbonyl (C=O) groups excluding carboxylic acids is 1. The molecular weight excluding hydrogens is 436 g/mol. The molecule has 33 heavy (non-hydrogen) atoms. The number of aliphatic hydroxyl groups excluding tert-OH is 1. The number of carbonyl (C=O) groups is 1. The van der Waals surface area contributed by atoms with Crippen molar-refractivity contribution in [1.29, 1.82) is 0 Å². The smallest absolute Gasteiger partial charge is 0.344 e. The van der Waals surface area contributed by atoms with Crippen molar-refractivity contribution in [3.63, 3.8) is 0 Å². The second kappa shape index (κ2) is 10.6. The van der Waals surface area contributed by atoms with Crippen molar-refractivity contribution in [1.82, 2.24) is 0 Å². The molecule has 2 aromatic rings. The van der Waals surface area contributed by atoms with Gasteiger partial charge in [-0.1, -0.05) is 23.9 Å². The normalized spacial score (nSPS) is 18.4. The number of benzene rings is 2. The van der Waals surface area contributed by atoms with Crippen LogP contribution in [0.5, 0.6) is 5.75 Å². The molecule has 2 aromatic carbocycles. The first kappa shape index (κ1) is 23.0. The van der Waals surface area contributed by atoms with Gasteiger partial charge < -0.3 is 19.5 Å². The molecule has 0 amide bonds. The molecule has 1 saturated heterocycles. The lowest BCUT2D eigenvalue weighted by atomic mass is 10.1. The van der Waals surface area contributed by atoms with E-state index in [1.807, 2.05) is 49.4 Å². The van der Waals surface area contributed by atoms with Gasteiger partial charge in [0, 0.05) is 18.8 Å². The Labute approximate surface area is 198 Å². The maximum Gasteiger partial charge on any atom is 0.344 e. The summed E-state index contributed by atoms with van der Waals surface area (Å²) in [6.45, 7) is 6.64. The highest BCUT2D eigenvalue weighted by atomic mass is 32.2. The maximum atomic E-state index is 12.6. The summed E-state index contributed by atoms with van der Waals surface area (Å²) in [5.41, 5.74) is 2.90. The molecule has 0 atom stereocenters. The van der Waals surface area contributed by atoms with Crippen LogP contribution in [0.4, 0.5) is 11.4 Å². The second-order valence-corrected chi connectivity index (χ2v) is 8.71. The average molecular weight is 465 g/mol. The van der Waals surface area contributed by atoms with Gasteiger partial charge in [-0.3, -0.25) is 0 Å². The van der Waals surface area contributed by atoms with Crippen LogP contribution in [0.2, 0.25) is 0 Å². The van der Waals surface area contributed by atoms with Gasteiger partial charge >= 0.3 is 5.97 Å². The second-order valence-electron chi connectivity index (χ2n) is 7.68. The molecule has 0 radical (unpaired) electrons. The first-order valence-electron chi connectivity index (χ1n) is 11.3. The molecule has 0 spiro atoms. The summed E-state index contributed by atoms with van der Waals surface area (Å²) in [6, 6.07) is 15.5. The van der Waals surface area contributed by atoms with Crippen LogP contribution < -0.4 is 9.64 Å². The quantitative estimate of drug-likeness (QED) is 0.516. The monoisotopic (exact) mass is 464 g/mol. The topological polar surface area (TPSA) is 71.4 Å². The molecule has 7 heteroatoms. The van der Waals surface area contributed by atoms with Crippen molar-refractivity contribution in [3.05, 3.63) is 70.3 Å². The molecule has 6 nitrogen and oxygen atoms in total. The Bertz CT molecular complexity index is 1080. The summed E-state index contributed by atoms with van der Waals surface area (Å²) in [5.74, 6) is 0.0641. The first-order valence-corrected chi connectivity index (χ1v) is 12.1. The number of rotatable bonds is 7. The SMILES string of the molecule is CCOC(=O)C1=C(O)C(=Cc2ccc(N3CCCC3)cc2)SC1=Nc1ccc(OCC)cc1. The van der Waals surface area contributed by atoms with Crippen LogP contribution in [-0.4, -0.2) is 42.4 Å². The standard InChI is InChI=1S/C26H28N2O4S/c1-3-31-21-13-9-19(10-14-21)27-25-23(26(30)32-4-2)24(29)22(33-25)17-18-7-11-20(12-8-18)28-15-5-6-16-28/h7-14,17,29H,3-6,15-16H2,1-2H3. The lowest BCUT2D eigenvalue weighted by molar-refractivity contribution is -0.138. The Balaban J connectivity index is 1.62. The van der Waals surface area contributed by atoms with Gasteiger partial charge in [0.2, 0.25) is 0 Å². The number of hydrogen-bond acceptors (Lipinski definition) is 7. The van der Waals surface area contributed by atoms with E-state index in [1.165, 1.54) is 30.3 Å². The van der Waals surface area contributed by atoms with E-state index in [1.54, 1.807) is 6.92 Å². The first-order chi connectivity index (χ1) is 16.1. The third-order valence-electron chi connectivity index (χ3n) is 5.41. The van der Waals surface area contributed by atoms with Crippen molar-refractivity contribution < 1.29 is 19.4 Å². The Kier molecular flexibility index (Phi) is 7.40. The van der Waals surface area contributed by atoms with Crippen molar-refractivity contribution in [3.8, 4) is 5.75 Å². The third-order valence-corrected chi connectivity index (χ3v) is 6.43. The zero-order valence-electron chi connectivity index (χ0n) is 18.9. The summed E-state index contributed by atoms with van der Waals surface area (Å²) in [7, 11) is 0. The minimum atomic E-state index is -0.583. The van der Waals surface area contributed by atoms with E-state index in [0.717, 1.165) is 24.4 Å². The number of anilines is 1. The Morgan fingerprint density at radius 2 is 1.76 bits per heavy atom. The van der Waals surface area contributed by atoms with E-state index in [2.05, 4.69) is 22.0 Å². The zero-order valence-corrected chi connectivity index (χ0v) is 19.7.